The maximum atomic E-state index is 13.2. The highest BCUT2D eigenvalue weighted by molar-refractivity contribution is 6.32. The van der Waals surface area contributed by atoms with Crippen molar-refractivity contribution in [1.82, 2.24) is 4.57 Å². The maximum absolute atomic E-state index is 13.2. The number of aryl methyl sites for hydroxylation is 1. The van der Waals surface area contributed by atoms with Crippen LogP contribution in [0.4, 0.5) is 0 Å². The lowest BCUT2D eigenvalue weighted by Gasteiger charge is -2.16. The summed E-state index contributed by atoms with van der Waals surface area (Å²) in [6, 6.07) is 15.8. The van der Waals surface area contributed by atoms with Gasteiger partial charge in [-0.15, -0.1) is 0 Å². The normalized spacial score (nSPS) is 10.5. The van der Waals surface area contributed by atoms with E-state index in [0.717, 1.165) is 10.1 Å². The smallest absolute Gasteiger partial charge is 0.271 e. The van der Waals surface area contributed by atoms with Crippen LogP contribution in [0.5, 0.6) is 11.6 Å². The van der Waals surface area contributed by atoms with Crippen molar-refractivity contribution in [2.45, 2.75) is 19.9 Å². The molecule has 0 aliphatic carbocycles. The highest BCUT2D eigenvalue weighted by Gasteiger charge is 2.25. The number of ketones is 1. The molecular formula is C23H19ClN2O4. The first-order valence-electron chi connectivity index (χ1n) is 9.17. The number of rotatable bonds is 6. The number of carbonyl (C=O) groups excluding carboxylic acids is 1. The van der Waals surface area contributed by atoms with Crippen LogP contribution in [0.15, 0.2) is 53.3 Å². The second-order valence-electron chi connectivity index (χ2n) is 6.68. The molecule has 3 rings (SSSR count). The summed E-state index contributed by atoms with van der Waals surface area (Å²) in [5, 5.41) is 20.6. The van der Waals surface area contributed by atoms with E-state index in [4.69, 9.17) is 16.3 Å². The molecule has 0 aliphatic heterocycles. The van der Waals surface area contributed by atoms with Gasteiger partial charge in [0.05, 0.1) is 17.7 Å². The molecule has 0 aliphatic rings. The summed E-state index contributed by atoms with van der Waals surface area (Å²) in [5.74, 6) is -0.608. The molecule has 0 fully saturated rings. The standard InChI is InChI=1S/C23H19ClN2O4/c1-14-17(13-25)22(28)26(11-10-15-6-4-3-5-7-15)23(29)20(14)21(27)16-8-9-19(30-2)18(24)12-16/h3-9,12,29H,10-11H2,1-2H3. The Morgan fingerprint density at radius 2 is 1.93 bits per heavy atom. The lowest BCUT2D eigenvalue weighted by molar-refractivity contribution is 0.103. The minimum Gasteiger partial charge on any atom is -0.495 e. The Balaban J connectivity index is 2.10. The molecule has 30 heavy (non-hydrogen) atoms. The number of pyridine rings is 1. The zero-order valence-electron chi connectivity index (χ0n) is 16.5. The van der Waals surface area contributed by atoms with E-state index < -0.39 is 17.2 Å². The SMILES string of the molecule is COc1ccc(C(=O)c2c(C)c(C#N)c(=O)n(CCc3ccccc3)c2O)cc1Cl. The van der Waals surface area contributed by atoms with E-state index in [1.165, 1.54) is 26.2 Å². The van der Waals surface area contributed by atoms with Gasteiger partial charge in [-0.2, -0.15) is 5.26 Å². The minimum absolute atomic E-state index is 0.0968. The van der Waals surface area contributed by atoms with Crippen LogP contribution in [-0.4, -0.2) is 22.6 Å². The predicted octanol–water partition coefficient (Wildman–Crippen LogP) is 3.87. The molecule has 6 nitrogen and oxygen atoms in total. The molecule has 1 aromatic heterocycles. The van der Waals surface area contributed by atoms with Crippen molar-refractivity contribution in [1.29, 1.82) is 5.26 Å². The van der Waals surface area contributed by atoms with Crippen LogP contribution in [0.1, 0.15) is 32.6 Å². The average molecular weight is 423 g/mol. The van der Waals surface area contributed by atoms with Crippen LogP contribution in [-0.2, 0) is 13.0 Å². The summed E-state index contributed by atoms with van der Waals surface area (Å²) in [6.07, 6.45) is 0.449. The van der Waals surface area contributed by atoms with E-state index in [1.807, 2.05) is 36.4 Å². The van der Waals surface area contributed by atoms with Crippen molar-refractivity contribution >= 4 is 17.4 Å². The van der Waals surface area contributed by atoms with Crippen molar-refractivity contribution in [2.75, 3.05) is 7.11 Å². The van der Waals surface area contributed by atoms with Crippen molar-refractivity contribution in [2.24, 2.45) is 0 Å². The van der Waals surface area contributed by atoms with Gasteiger partial charge in [-0.3, -0.25) is 14.2 Å². The van der Waals surface area contributed by atoms with E-state index in [0.29, 0.717) is 12.2 Å². The van der Waals surface area contributed by atoms with Gasteiger partial charge in [0.1, 0.15) is 17.4 Å². The molecule has 1 N–H and O–H groups in total. The minimum atomic E-state index is -0.632. The van der Waals surface area contributed by atoms with Gasteiger partial charge in [-0.25, -0.2) is 0 Å². The number of methoxy groups -OCH3 is 1. The quantitative estimate of drug-likeness (QED) is 0.609. The summed E-state index contributed by atoms with van der Waals surface area (Å²) < 4.78 is 6.16. The number of aromatic hydroxyl groups is 1. The summed E-state index contributed by atoms with van der Waals surface area (Å²) in [5.41, 5.74) is 0.388. The van der Waals surface area contributed by atoms with E-state index in [2.05, 4.69) is 0 Å². The molecule has 2 aromatic carbocycles. The summed E-state index contributed by atoms with van der Waals surface area (Å²) >= 11 is 6.13. The Bertz CT molecular complexity index is 1210. The first-order valence-corrected chi connectivity index (χ1v) is 9.55. The third-order valence-electron chi connectivity index (χ3n) is 4.91. The highest BCUT2D eigenvalue weighted by atomic mass is 35.5. The van der Waals surface area contributed by atoms with E-state index >= 15 is 0 Å². The lowest BCUT2D eigenvalue weighted by atomic mass is 9.97. The third-order valence-corrected chi connectivity index (χ3v) is 5.20. The van der Waals surface area contributed by atoms with Crippen LogP contribution >= 0.6 is 11.6 Å². The van der Waals surface area contributed by atoms with Crippen LogP contribution in [0.25, 0.3) is 0 Å². The molecule has 7 heteroatoms. The first-order chi connectivity index (χ1) is 14.4. The van der Waals surface area contributed by atoms with Gasteiger partial charge < -0.3 is 9.84 Å². The van der Waals surface area contributed by atoms with E-state index in [-0.39, 0.29) is 33.8 Å². The van der Waals surface area contributed by atoms with Gasteiger partial charge in [0, 0.05) is 12.1 Å². The Morgan fingerprint density at radius 3 is 2.53 bits per heavy atom. The number of halogens is 1. The number of benzene rings is 2. The predicted molar refractivity (Wildman–Crippen MR) is 113 cm³/mol. The molecule has 1 heterocycles. The molecule has 0 spiro atoms. The highest BCUT2D eigenvalue weighted by Crippen LogP contribution is 2.29. The van der Waals surface area contributed by atoms with Gasteiger partial charge in [0.2, 0.25) is 5.88 Å². The topological polar surface area (TPSA) is 92.3 Å². The van der Waals surface area contributed by atoms with Crippen LogP contribution < -0.4 is 10.3 Å². The Labute approximate surface area is 178 Å². The molecule has 0 saturated heterocycles. The third kappa shape index (κ3) is 3.93. The van der Waals surface area contributed by atoms with Crippen LogP contribution in [0, 0.1) is 18.3 Å². The molecule has 0 bridgehead atoms. The summed E-state index contributed by atoms with van der Waals surface area (Å²) in [4.78, 5) is 25.9. The second kappa shape index (κ2) is 8.85. The number of aromatic nitrogens is 1. The fourth-order valence-corrected chi connectivity index (χ4v) is 3.53. The van der Waals surface area contributed by atoms with Gasteiger partial charge in [-0.05, 0) is 42.7 Å². The lowest BCUT2D eigenvalue weighted by Crippen LogP contribution is -2.27. The van der Waals surface area contributed by atoms with E-state index in [9.17, 15) is 20.0 Å². The molecular weight excluding hydrogens is 404 g/mol. The van der Waals surface area contributed by atoms with Crippen molar-refractivity contribution < 1.29 is 14.6 Å². The summed E-state index contributed by atoms with van der Waals surface area (Å²) in [7, 11) is 1.46. The number of nitrogens with zero attached hydrogens (tertiary/aromatic N) is 2. The molecule has 152 valence electrons. The number of carbonyl (C=O) groups is 1. The largest absolute Gasteiger partial charge is 0.495 e. The molecule has 0 atom stereocenters. The molecule has 0 amide bonds. The monoisotopic (exact) mass is 422 g/mol. The maximum Gasteiger partial charge on any atom is 0.271 e. The fraction of sp³-hybridized carbons (Fsp3) is 0.174. The average Bonchev–Trinajstić information content (AvgIpc) is 2.74. The molecule has 0 radical (unpaired) electrons. The first kappa shape index (κ1) is 21.2. The van der Waals surface area contributed by atoms with Crippen LogP contribution in [0.2, 0.25) is 5.02 Å². The Hall–Kier alpha value is -3.56. The number of ether oxygens (including phenoxy) is 1. The number of hydrogen-bond donors (Lipinski definition) is 1. The van der Waals surface area contributed by atoms with Crippen molar-refractivity contribution in [3.63, 3.8) is 0 Å². The molecule has 0 unspecified atom stereocenters. The van der Waals surface area contributed by atoms with Gasteiger partial charge >= 0.3 is 0 Å². The molecule has 3 aromatic rings. The number of nitriles is 1. The molecule has 0 saturated carbocycles. The van der Waals surface area contributed by atoms with E-state index in [1.54, 1.807) is 6.07 Å². The van der Waals surface area contributed by atoms with Crippen LogP contribution in [0.3, 0.4) is 0 Å². The van der Waals surface area contributed by atoms with Crippen molar-refractivity contribution in [3.8, 4) is 17.7 Å². The Morgan fingerprint density at radius 1 is 1.23 bits per heavy atom. The second-order valence-corrected chi connectivity index (χ2v) is 7.09. The zero-order chi connectivity index (χ0) is 21.8. The van der Waals surface area contributed by atoms with Gasteiger partial charge in [-0.1, -0.05) is 41.9 Å². The fourth-order valence-electron chi connectivity index (χ4n) is 3.27. The van der Waals surface area contributed by atoms with Gasteiger partial charge in [0.25, 0.3) is 5.56 Å². The number of hydrogen-bond acceptors (Lipinski definition) is 5. The summed E-state index contributed by atoms with van der Waals surface area (Å²) in [6.45, 7) is 1.59. The van der Waals surface area contributed by atoms with Crippen molar-refractivity contribution in [3.05, 3.63) is 91.7 Å². The zero-order valence-corrected chi connectivity index (χ0v) is 17.2. The Kier molecular flexibility index (Phi) is 6.24. The van der Waals surface area contributed by atoms with Gasteiger partial charge in [0.15, 0.2) is 5.78 Å².